The van der Waals surface area contributed by atoms with Crippen molar-refractivity contribution < 1.29 is 0 Å². The summed E-state index contributed by atoms with van der Waals surface area (Å²) in [4.78, 5) is 25.4. The topological polar surface area (TPSA) is 173 Å². The number of halogens is 2. The zero-order valence-electron chi connectivity index (χ0n) is 33.0. The third-order valence-electron chi connectivity index (χ3n) is 9.23. The summed E-state index contributed by atoms with van der Waals surface area (Å²) < 4.78 is 10.0. The molecule has 0 amide bonds. The second-order valence-electron chi connectivity index (χ2n) is 13.6. The number of imidazole rings is 4. The second kappa shape index (κ2) is 22.1. The molecule has 0 spiro atoms. The monoisotopic (exact) mass is 951 g/mol. The van der Waals surface area contributed by atoms with E-state index in [1.54, 1.807) is 30.9 Å². The molecule has 15 heteroatoms. The van der Waals surface area contributed by atoms with Crippen LogP contribution in [-0.4, -0.2) is 54.4 Å². The van der Waals surface area contributed by atoms with E-state index in [4.69, 9.17) is 22.2 Å². The van der Waals surface area contributed by atoms with Crippen LogP contribution in [0.4, 0.5) is 17.2 Å². The van der Waals surface area contributed by atoms with Gasteiger partial charge in [-0.25, -0.2) is 29.9 Å². The van der Waals surface area contributed by atoms with E-state index in [2.05, 4.69) is 85.6 Å². The lowest BCUT2D eigenvalue weighted by atomic mass is 10.0. The highest BCUT2D eigenvalue weighted by Crippen LogP contribution is 2.20. The Balaban J connectivity index is 0.000000139. The van der Waals surface area contributed by atoms with Crippen LogP contribution in [0.2, 0.25) is 0 Å². The van der Waals surface area contributed by atoms with E-state index < -0.39 is 0 Å². The average molecular weight is 954 g/mol. The number of hydrogen-bond donors (Lipinski definition) is 3. The highest BCUT2D eigenvalue weighted by molar-refractivity contribution is 9.10. The molecule has 0 saturated carbocycles. The second-order valence-corrected chi connectivity index (χ2v) is 15.5. The Morgan fingerprint density at radius 2 is 1.11 bits per heavy atom. The number of nitrogen functional groups attached to an aromatic ring is 2. The summed E-state index contributed by atoms with van der Waals surface area (Å²) in [6.45, 7) is 1.04. The zero-order chi connectivity index (χ0) is 42.4. The number of aromatic nitrogens is 9. The number of fused-ring (bicyclic) bond motifs is 4. The molecule has 0 aliphatic carbocycles. The molecule has 0 radical (unpaired) electrons. The van der Waals surface area contributed by atoms with Crippen LogP contribution in [-0.2, 0) is 13.0 Å². The zero-order valence-corrected chi connectivity index (χ0v) is 36.2. The molecule has 0 fully saturated rings. The predicted molar refractivity (Wildman–Crippen MR) is 257 cm³/mol. The minimum atomic E-state index is 0. The van der Waals surface area contributed by atoms with Gasteiger partial charge in [-0.3, -0.25) is 0 Å². The summed E-state index contributed by atoms with van der Waals surface area (Å²) in [7, 11) is 0. The van der Waals surface area contributed by atoms with Gasteiger partial charge in [0.05, 0.1) is 11.4 Å². The summed E-state index contributed by atoms with van der Waals surface area (Å²) in [5.41, 5.74) is 24.2. The fourth-order valence-corrected chi connectivity index (χ4v) is 6.87. The first-order valence-electron chi connectivity index (χ1n) is 19.3. The van der Waals surface area contributed by atoms with Gasteiger partial charge in [0.2, 0.25) is 0 Å². The van der Waals surface area contributed by atoms with Crippen molar-refractivity contribution in [3.05, 3.63) is 209 Å². The molecule has 0 saturated heterocycles. The molecule has 1 atom stereocenters. The van der Waals surface area contributed by atoms with Crippen LogP contribution in [0, 0.1) is 0 Å². The van der Waals surface area contributed by atoms with Gasteiger partial charge in [-0.15, -0.1) is 0 Å². The first-order chi connectivity index (χ1) is 29.8. The van der Waals surface area contributed by atoms with Crippen molar-refractivity contribution in [3.63, 3.8) is 0 Å². The van der Waals surface area contributed by atoms with Crippen LogP contribution in [0.1, 0.15) is 30.8 Å². The molecule has 2 aromatic carbocycles. The van der Waals surface area contributed by atoms with Crippen LogP contribution in [0.5, 0.6) is 0 Å². The molecule has 10 aromatic rings. The summed E-state index contributed by atoms with van der Waals surface area (Å²) >= 11 is 6.61. The van der Waals surface area contributed by atoms with Crippen LogP contribution in [0.15, 0.2) is 197 Å². The predicted octanol–water partition coefficient (Wildman–Crippen LogP) is 9.74. The van der Waals surface area contributed by atoms with Gasteiger partial charge in [0.15, 0.2) is 0 Å². The Labute approximate surface area is 377 Å². The number of anilines is 2. The van der Waals surface area contributed by atoms with E-state index in [1.807, 2.05) is 142 Å². The molecule has 1 aliphatic rings. The van der Waals surface area contributed by atoms with Crippen molar-refractivity contribution in [1.82, 2.24) is 42.7 Å². The standard InChI is InChI=1S/C20H15N3.C7H5BrN2.C7H11N3.C7H7N3.C5H5BrN2.CH4/c1-3-7-16(8-4-1)20(17-9-5-2-6-10-17)22-18-11-13-23-14-12-21-19(23)15-18;3*8-6-1-3-10-4-2-9-7(10)5-6;6-4-1-2-8-5(7)3-4;/h1-15H;1-5H;2,4,6H,1,3,5,8H2;1-5H,8H2;1-3H,(H2,7,8);1H4. The highest BCUT2D eigenvalue weighted by Gasteiger charge is 2.14. The fourth-order valence-electron chi connectivity index (χ4n) is 6.19. The molecule has 314 valence electrons. The van der Waals surface area contributed by atoms with Crippen molar-refractivity contribution >= 4 is 71.7 Å². The lowest BCUT2D eigenvalue weighted by molar-refractivity contribution is 0.463. The normalized spacial score (nSPS) is 12.4. The molecule has 13 nitrogen and oxygen atoms in total. The molecule has 0 bridgehead atoms. The number of nitrogens with zero attached hydrogens (tertiary/aromatic N) is 10. The Morgan fingerprint density at radius 3 is 1.71 bits per heavy atom. The number of pyridine rings is 4. The van der Waals surface area contributed by atoms with E-state index >= 15 is 0 Å². The van der Waals surface area contributed by atoms with Crippen LogP contribution in [0.25, 0.3) is 16.9 Å². The number of nitrogens with two attached hydrogens (primary N) is 3. The Morgan fingerprint density at radius 1 is 0.565 bits per heavy atom. The van der Waals surface area contributed by atoms with Gasteiger partial charge in [-0.1, -0.05) is 100.0 Å². The maximum atomic E-state index is 5.76. The van der Waals surface area contributed by atoms with E-state index in [0.717, 1.165) is 79.3 Å². The quantitative estimate of drug-likeness (QED) is 0.147. The first kappa shape index (κ1) is 44.6. The minimum absolute atomic E-state index is 0. The molecule has 1 unspecified atom stereocenters. The van der Waals surface area contributed by atoms with Gasteiger partial charge in [0.1, 0.15) is 28.6 Å². The Hall–Kier alpha value is -6.94. The lowest BCUT2D eigenvalue weighted by Gasteiger charge is -2.18. The van der Waals surface area contributed by atoms with Gasteiger partial charge in [0.25, 0.3) is 0 Å². The van der Waals surface area contributed by atoms with Gasteiger partial charge in [-0.05, 0) is 42.8 Å². The number of hydrogen-bond acceptors (Lipinski definition) is 9. The summed E-state index contributed by atoms with van der Waals surface area (Å²) in [5.74, 6) is 1.68. The maximum Gasteiger partial charge on any atom is 0.138 e. The number of benzene rings is 2. The molecule has 1 aliphatic heterocycles. The summed E-state index contributed by atoms with van der Waals surface area (Å²) in [6.07, 6.45) is 24.4. The fraction of sp³-hybridized carbons (Fsp3) is 0.106. The van der Waals surface area contributed by atoms with Crippen molar-refractivity contribution in [2.24, 2.45) is 10.7 Å². The molecular formula is C47H47Br2N13. The first-order valence-corrected chi connectivity index (χ1v) is 20.9. The van der Waals surface area contributed by atoms with Crippen molar-refractivity contribution in [2.75, 3.05) is 11.5 Å². The van der Waals surface area contributed by atoms with Crippen LogP contribution < -0.4 is 17.2 Å². The summed E-state index contributed by atoms with van der Waals surface area (Å²) in [5, 5.41) is 0. The number of rotatable bonds is 3. The van der Waals surface area contributed by atoms with E-state index in [-0.39, 0.29) is 7.43 Å². The Bertz CT molecular complexity index is 2810. The third kappa shape index (κ3) is 12.5. The highest BCUT2D eigenvalue weighted by atomic mass is 79.9. The smallest absolute Gasteiger partial charge is 0.138 e. The van der Waals surface area contributed by atoms with Crippen LogP contribution in [0.3, 0.4) is 0 Å². The average Bonchev–Trinajstić information content (AvgIpc) is 4.12. The third-order valence-corrected chi connectivity index (χ3v) is 10.2. The van der Waals surface area contributed by atoms with Crippen LogP contribution >= 0.6 is 31.9 Å². The van der Waals surface area contributed by atoms with Crippen molar-refractivity contribution in [2.45, 2.75) is 32.9 Å². The maximum absolute atomic E-state index is 5.76. The summed E-state index contributed by atoms with van der Waals surface area (Å²) in [6, 6.07) is 36.0. The molecule has 11 rings (SSSR count). The van der Waals surface area contributed by atoms with Crippen molar-refractivity contribution in [3.8, 4) is 0 Å². The largest absolute Gasteiger partial charge is 0.399 e. The Kier molecular flexibility index (Phi) is 15.9. The molecule has 8 aromatic heterocycles. The molecule has 62 heavy (non-hydrogen) atoms. The van der Waals surface area contributed by atoms with E-state index in [9.17, 15) is 0 Å². The van der Waals surface area contributed by atoms with Gasteiger partial charge >= 0.3 is 0 Å². The molecule has 6 N–H and O–H groups in total. The molecular weight excluding hydrogens is 906 g/mol. The SMILES string of the molecule is Brc1ccn2ccnc2c1.C.NC1CCn2ccnc2C1.Nc1cc(Br)ccn1.Nc1ccn2ccnc2c1.c1ccc(C(=Nc2ccn3ccnc3c2)c2ccccc2)cc1. The van der Waals surface area contributed by atoms with E-state index in [1.165, 1.54) is 0 Å². The van der Waals surface area contributed by atoms with E-state index in [0.29, 0.717) is 11.9 Å². The van der Waals surface area contributed by atoms with Gasteiger partial charge in [0, 0.05) is 131 Å². The molecule has 9 heterocycles. The number of aliphatic imine (C=N–C) groups is 1. The number of aryl methyl sites for hydroxylation is 1. The van der Waals surface area contributed by atoms with Gasteiger partial charge < -0.3 is 35.0 Å². The lowest BCUT2D eigenvalue weighted by Crippen LogP contribution is -2.30. The van der Waals surface area contributed by atoms with Gasteiger partial charge in [-0.2, -0.15) is 0 Å². The van der Waals surface area contributed by atoms with Crippen molar-refractivity contribution in [1.29, 1.82) is 0 Å². The minimum Gasteiger partial charge on any atom is -0.399 e.